The van der Waals surface area contributed by atoms with E-state index in [1.807, 2.05) is 25.6 Å². The molecule has 96 valence electrons. The van der Waals surface area contributed by atoms with Crippen LogP contribution in [-0.4, -0.2) is 9.78 Å². The zero-order valence-electron chi connectivity index (χ0n) is 10.9. The van der Waals surface area contributed by atoms with Crippen molar-refractivity contribution < 1.29 is 4.39 Å². The SMILES string of the molecule is Cc1nn(C)c(C)c1C(N)Cc1ccc(F)cc1. The Morgan fingerprint density at radius 1 is 1.28 bits per heavy atom. The molecule has 0 aliphatic carbocycles. The van der Waals surface area contributed by atoms with Gasteiger partial charge in [0.2, 0.25) is 0 Å². The fourth-order valence-corrected chi connectivity index (χ4v) is 2.30. The Labute approximate surface area is 106 Å². The van der Waals surface area contributed by atoms with Gasteiger partial charge in [-0.3, -0.25) is 4.68 Å². The molecule has 4 heteroatoms. The van der Waals surface area contributed by atoms with E-state index < -0.39 is 0 Å². The number of benzene rings is 1. The van der Waals surface area contributed by atoms with Crippen LogP contribution in [0.2, 0.25) is 0 Å². The van der Waals surface area contributed by atoms with Gasteiger partial charge in [-0.2, -0.15) is 5.10 Å². The largest absolute Gasteiger partial charge is 0.324 e. The lowest BCUT2D eigenvalue weighted by Crippen LogP contribution is -2.15. The van der Waals surface area contributed by atoms with Gasteiger partial charge >= 0.3 is 0 Å². The van der Waals surface area contributed by atoms with Crippen LogP contribution in [-0.2, 0) is 13.5 Å². The van der Waals surface area contributed by atoms with E-state index in [0.29, 0.717) is 6.42 Å². The average molecular weight is 247 g/mol. The monoisotopic (exact) mass is 247 g/mol. The van der Waals surface area contributed by atoms with Crippen LogP contribution in [0.15, 0.2) is 24.3 Å². The number of rotatable bonds is 3. The van der Waals surface area contributed by atoms with E-state index in [0.717, 1.165) is 22.5 Å². The Kier molecular flexibility index (Phi) is 3.48. The quantitative estimate of drug-likeness (QED) is 0.905. The van der Waals surface area contributed by atoms with E-state index in [4.69, 9.17) is 5.73 Å². The molecule has 2 rings (SSSR count). The molecule has 0 aliphatic rings. The van der Waals surface area contributed by atoms with Gasteiger partial charge in [0.25, 0.3) is 0 Å². The highest BCUT2D eigenvalue weighted by molar-refractivity contribution is 5.30. The van der Waals surface area contributed by atoms with Gasteiger partial charge in [-0.25, -0.2) is 4.39 Å². The molecule has 0 saturated heterocycles. The second-order valence-electron chi connectivity index (χ2n) is 4.65. The van der Waals surface area contributed by atoms with E-state index in [1.165, 1.54) is 12.1 Å². The van der Waals surface area contributed by atoms with Crippen LogP contribution in [0.4, 0.5) is 4.39 Å². The number of hydrogen-bond acceptors (Lipinski definition) is 2. The van der Waals surface area contributed by atoms with Crippen molar-refractivity contribution in [2.24, 2.45) is 12.8 Å². The lowest BCUT2D eigenvalue weighted by molar-refractivity contribution is 0.625. The van der Waals surface area contributed by atoms with Crippen LogP contribution in [0, 0.1) is 19.7 Å². The number of halogens is 1. The topological polar surface area (TPSA) is 43.8 Å². The molecule has 0 aliphatic heterocycles. The van der Waals surface area contributed by atoms with Crippen LogP contribution in [0.5, 0.6) is 0 Å². The standard InChI is InChI=1S/C14H18FN3/c1-9-14(10(2)18(3)17-9)13(16)8-11-4-6-12(15)7-5-11/h4-7,13H,8,16H2,1-3H3. The van der Waals surface area contributed by atoms with Crippen molar-refractivity contribution in [1.82, 2.24) is 9.78 Å². The molecule has 0 spiro atoms. The van der Waals surface area contributed by atoms with E-state index in [9.17, 15) is 4.39 Å². The van der Waals surface area contributed by atoms with Crippen molar-refractivity contribution in [3.63, 3.8) is 0 Å². The molecule has 0 bridgehead atoms. The Morgan fingerprint density at radius 3 is 2.39 bits per heavy atom. The minimum absolute atomic E-state index is 0.107. The summed E-state index contributed by atoms with van der Waals surface area (Å²) < 4.78 is 14.7. The Morgan fingerprint density at radius 2 is 1.89 bits per heavy atom. The van der Waals surface area contributed by atoms with Crippen molar-refractivity contribution >= 4 is 0 Å². The molecule has 1 aromatic carbocycles. The zero-order chi connectivity index (χ0) is 13.3. The van der Waals surface area contributed by atoms with Crippen molar-refractivity contribution in [3.8, 4) is 0 Å². The number of hydrogen-bond donors (Lipinski definition) is 1. The molecule has 1 unspecified atom stereocenters. The zero-order valence-corrected chi connectivity index (χ0v) is 10.9. The Balaban J connectivity index is 2.21. The van der Waals surface area contributed by atoms with E-state index in [2.05, 4.69) is 5.10 Å². The van der Waals surface area contributed by atoms with Crippen molar-refractivity contribution in [3.05, 3.63) is 52.6 Å². The second-order valence-corrected chi connectivity index (χ2v) is 4.65. The maximum absolute atomic E-state index is 12.8. The maximum Gasteiger partial charge on any atom is 0.123 e. The average Bonchev–Trinajstić information content (AvgIpc) is 2.56. The second kappa shape index (κ2) is 4.90. The molecule has 0 radical (unpaired) electrons. The first-order chi connectivity index (χ1) is 8.49. The van der Waals surface area contributed by atoms with Gasteiger partial charge in [0, 0.05) is 24.3 Å². The first kappa shape index (κ1) is 12.8. The number of aryl methyl sites for hydroxylation is 2. The fraction of sp³-hybridized carbons (Fsp3) is 0.357. The summed E-state index contributed by atoms with van der Waals surface area (Å²) in [7, 11) is 1.91. The molecule has 1 atom stereocenters. The van der Waals surface area contributed by atoms with Gasteiger partial charge in [0.1, 0.15) is 5.82 Å². The molecule has 1 heterocycles. The summed E-state index contributed by atoms with van der Waals surface area (Å²) in [4.78, 5) is 0. The molecule has 2 aromatic rings. The summed E-state index contributed by atoms with van der Waals surface area (Å²) in [5.41, 5.74) is 10.4. The first-order valence-corrected chi connectivity index (χ1v) is 5.99. The minimum Gasteiger partial charge on any atom is -0.324 e. The lowest BCUT2D eigenvalue weighted by Gasteiger charge is -2.12. The van der Waals surface area contributed by atoms with E-state index >= 15 is 0 Å². The van der Waals surface area contributed by atoms with Crippen molar-refractivity contribution in [1.29, 1.82) is 0 Å². The summed E-state index contributed by atoms with van der Waals surface area (Å²) in [6.45, 7) is 3.98. The van der Waals surface area contributed by atoms with Crippen LogP contribution in [0.1, 0.15) is 28.6 Å². The predicted molar refractivity (Wildman–Crippen MR) is 69.7 cm³/mol. The van der Waals surface area contributed by atoms with Gasteiger partial charge in [-0.05, 0) is 38.0 Å². The smallest absolute Gasteiger partial charge is 0.123 e. The summed E-state index contributed by atoms with van der Waals surface area (Å²) >= 11 is 0. The van der Waals surface area contributed by atoms with E-state index in [-0.39, 0.29) is 11.9 Å². The fourth-order valence-electron chi connectivity index (χ4n) is 2.30. The summed E-state index contributed by atoms with van der Waals surface area (Å²) in [5, 5.41) is 4.36. The van der Waals surface area contributed by atoms with Crippen LogP contribution in [0.25, 0.3) is 0 Å². The number of aromatic nitrogens is 2. The molecule has 0 amide bonds. The molecule has 2 N–H and O–H groups in total. The van der Waals surface area contributed by atoms with Gasteiger partial charge in [-0.1, -0.05) is 12.1 Å². The summed E-state index contributed by atoms with van der Waals surface area (Å²) in [6, 6.07) is 6.37. The van der Waals surface area contributed by atoms with Gasteiger partial charge < -0.3 is 5.73 Å². The Hall–Kier alpha value is -1.68. The van der Waals surface area contributed by atoms with Gasteiger partial charge in [0.05, 0.1) is 5.69 Å². The Bertz CT molecular complexity index is 543. The summed E-state index contributed by atoms with van der Waals surface area (Å²) in [5.74, 6) is -0.221. The lowest BCUT2D eigenvalue weighted by atomic mass is 9.98. The highest BCUT2D eigenvalue weighted by atomic mass is 19.1. The van der Waals surface area contributed by atoms with Gasteiger partial charge in [-0.15, -0.1) is 0 Å². The molecule has 0 saturated carbocycles. The molecule has 0 fully saturated rings. The highest BCUT2D eigenvalue weighted by Crippen LogP contribution is 2.22. The first-order valence-electron chi connectivity index (χ1n) is 5.99. The van der Waals surface area contributed by atoms with Gasteiger partial charge in [0.15, 0.2) is 0 Å². The van der Waals surface area contributed by atoms with Crippen LogP contribution < -0.4 is 5.73 Å². The molecule has 3 nitrogen and oxygen atoms in total. The predicted octanol–water partition coefficient (Wildman–Crippen LogP) is 2.42. The molecule has 18 heavy (non-hydrogen) atoms. The normalized spacial score (nSPS) is 12.7. The third-order valence-corrected chi connectivity index (χ3v) is 3.30. The highest BCUT2D eigenvalue weighted by Gasteiger charge is 2.16. The third-order valence-electron chi connectivity index (χ3n) is 3.30. The number of nitrogens with zero attached hydrogens (tertiary/aromatic N) is 2. The van der Waals surface area contributed by atoms with Crippen molar-refractivity contribution in [2.75, 3.05) is 0 Å². The maximum atomic E-state index is 12.8. The van der Waals surface area contributed by atoms with Crippen LogP contribution >= 0.6 is 0 Å². The third kappa shape index (κ3) is 2.43. The molecular formula is C14H18FN3. The van der Waals surface area contributed by atoms with Crippen molar-refractivity contribution in [2.45, 2.75) is 26.3 Å². The molecule has 1 aromatic heterocycles. The van der Waals surface area contributed by atoms with Crippen LogP contribution in [0.3, 0.4) is 0 Å². The van der Waals surface area contributed by atoms with E-state index in [1.54, 1.807) is 12.1 Å². The summed E-state index contributed by atoms with van der Waals surface area (Å²) in [6.07, 6.45) is 0.688. The number of nitrogens with two attached hydrogens (primary N) is 1. The minimum atomic E-state index is -0.221. The molecular weight excluding hydrogens is 229 g/mol.